The van der Waals surface area contributed by atoms with Gasteiger partial charge in [0.05, 0.1) is 35.6 Å². The molecule has 5 rings (SSSR count). The van der Waals surface area contributed by atoms with E-state index in [1.54, 1.807) is 12.3 Å². The smallest absolute Gasteiger partial charge is 0.259 e. The first-order valence-electron chi connectivity index (χ1n) is 10.6. The highest BCUT2D eigenvalue weighted by atomic mass is 16.5. The maximum absolute atomic E-state index is 13.3. The zero-order valence-electron chi connectivity index (χ0n) is 17.7. The number of aryl methyl sites for hydroxylation is 1. The number of rotatable bonds is 5. The van der Waals surface area contributed by atoms with Gasteiger partial charge in [0.25, 0.3) is 11.6 Å². The first kappa shape index (κ1) is 20.1. The van der Waals surface area contributed by atoms with Crippen LogP contribution in [0.25, 0.3) is 22.4 Å². The molecule has 1 amide bonds. The Morgan fingerprint density at radius 2 is 1.94 bits per heavy atom. The first-order valence-corrected chi connectivity index (χ1v) is 10.6. The van der Waals surface area contributed by atoms with Gasteiger partial charge < -0.3 is 19.5 Å². The minimum absolute atomic E-state index is 0.210. The summed E-state index contributed by atoms with van der Waals surface area (Å²) in [7, 11) is 0. The monoisotopic (exact) mass is 429 g/mol. The van der Waals surface area contributed by atoms with Gasteiger partial charge in [0.15, 0.2) is 0 Å². The number of nitrogens with one attached hydrogen (secondary N) is 1. The average Bonchev–Trinajstić information content (AvgIpc) is 3.24. The van der Waals surface area contributed by atoms with E-state index in [0.29, 0.717) is 47.8 Å². The normalized spacial score (nSPS) is 14.0. The van der Waals surface area contributed by atoms with Gasteiger partial charge in [-0.25, -0.2) is 9.97 Å². The Bertz CT molecular complexity index is 1250. The Hall–Kier alpha value is -3.78. The summed E-state index contributed by atoms with van der Waals surface area (Å²) in [6.45, 7) is 5.07. The fourth-order valence-corrected chi connectivity index (χ4v) is 3.93. The molecule has 0 radical (unpaired) electrons. The lowest BCUT2D eigenvalue weighted by Crippen LogP contribution is -2.37. The fourth-order valence-electron chi connectivity index (χ4n) is 3.93. The molecule has 0 bridgehead atoms. The average molecular weight is 429 g/mol. The molecule has 0 atom stereocenters. The minimum atomic E-state index is -0.210. The van der Waals surface area contributed by atoms with Crippen molar-refractivity contribution in [3.8, 4) is 11.3 Å². The number of carbonyl (C=O) groups excluding carboxylic acids is 1. The van der Waals surface area contributed by atoms with Gasteiger partial charge in [-0.1, -0.05) is 41.6 Å². The van der Waals surface area contributed by atoms with Gasteiger partial charge in [-0.3, -0.25) is 4.79 Å². The van der Waals surface area contributed by atoms with Gasteiger partial charge in [0.1, 0.15) is 5.82 Å². The van der Waals surface area contributed by atoms with Gasteiger partial charge in [0.2, 0.25) is 0 Å². The lowest BCUT2D eigenvalue weighted by Gasteiger charge is -2.29. The zero-order valence-corrected chi connectivity index (χ0v) is 17.7. The highest BCUT2D eigenvalue weighted by molar-refractivity contribution is 6.07. The van der Waals surface area contributed by atoms with Crippen LogP contribution in [0, 0.1) is 6.92 Å². The molecule has 1 fully saturated rings. The molecular formula is C24H23N5O3. The van der Waals surface area contributed by atoms with Crippen molar-refractivity contribution >= 4 is 22.8 Å². The Morgan fingerprint density at radius 1 is 1.12 bits per heavy atom. The Balaban J connectivity index is 1.44. The van der Waals surface area contributed by atoms with Crippen molar-refractivity contribution in [2.75, 3.05) is 31.2 Å². The Morgan fingerprint density at radius 3 is 2.75 bits per heavy atom. The number of carbonyl (C=O) groups is 1. The highest BCUT2D eigenvalue weighted by Gasteiger charge is 2.21. The second-order valence-corrected chi connectivity index (χ2v) is 7.64. The highest BCUT2D eigenvalue weighted by Crippen LogP contribution is 2.27. The number of fused-ring (bicyclic) bond motifs is 1. The van der Waals surface area contributed by atoms with Crippen molar-refractivity contribution in [3.63, 3.8) is 0 Å². The summed E-state index contributed by atoms with van der Waals surface area (Å²) in [6, 6.07) is 15.4. The lowest BCUT2D eigenvalue weighted by atomic mass is 10.0. The van der Waals surface area contributed by atoms with Gasteiger partial charge in [-0.15, -0.1) is 0 Å². The van der Waals surface area contributed by atoms with Gasteiger partial charge >= 0.3 is 0 Å². The van der Waals surface area contributed by atoms with E-state index in [4.69, 9.17) is 9.26 Å². The molecule has 0 unspecified atom stereocenters. The molecule has 0 saturated carbocycles. The van der Waals surface area contributed by atoms with E-state index in [9.17, 15) is 4.79 Å². The quantitative estimate of drug-likeness (QED) is 0.520. The zero-order chi connectivity index (χ0) is 21.9. The van der Waals surface area contributed by atoms with Crippen molar-refractivity contribution in [2.45, 2.75) is 13.5 Å². The summed E-state index contributed by atoms with van der Waals surface area (Å²) >= 11 is 0. The topological polar surface area (TPSA) is 93.4 Å². The number of aromatic nitrogens is 3. The van der Waals surface area contributed by atoms with Gasteiger partial charge in [-0.05, 0) is 19.1 Å². The predicted octanol–water partition coefficient (Wildman–Crippen LogP) is 3.36. The number of nitrogens with zero attached hydrogens (tertiary/aromatic N) is 4. The second-order valence-electron chi connectivity index (χ2n) is 7.64. The number of anilines is 1. The van der Waals surface area contributed by atoms with E-state index in [0.717, 1.165) is 30.0 Å². The summed E-state index contributed by atoms with van der Waals surface area (Å²) in [5.41, 5.74) is 3.99. The minimum Gasteiger partial charge on any atom is -0.378 e. The van der Waals surface area contributed by atoms with Crippen LogP contribution >= 0.6 is 0 Å². The van der Waals surface area contributed by atoms with Crippen LogP contribution in [-0.2, 0) is 11.3 Å². The van der Waals surface area contributed by atoms with Gasteiger partial charge in [-0.2, -0.15) is 0 Å². The molecule has 4 aromatic rings. The molecule has 8 nitrogen and oxygen atoms in total. The Labute approximate surface area is 185 Å². The molecule has 0 aliphatic carbocycles. The largest absolute Gasteiger partial charge is 0.378 e. The molecular weight excluding hydrogens is 406 g/mol. The Kier molecular flexibility index (Phi) is 5.51. The van der Waals surface area contributed by atoms with E-state index >= 15 is 0 Å². The number of amides is 1. The number of morpholine rings is 1. The van der Waals surface area contributed by atoms with Crippen LogP contribution in [0.4, 0.5) is 5.82 Å². The molecule has 3 aromatic heterocycles. The van der Waals surface area contributed by atoms with Crippen LogP contribution in [0.2, 0.25) is 0 Å². The molecule has 0 spiro atoms. The molecule has 8 heteroatoms. The fraction of sp³-hybridized carbons (Fsp3) is 0.250. The van der Waals surface area contributed by atoms with Crippen LogP contribution < -0.4 is 10.2 Å². The van der Waals surface area contributed by atoms with Crippen LogP contribution in [0.3, 0.4) is 0 Å². The molecule has 1 aromatic carbocycles. The molecule has 162 valence electrons. The van der Waals surface area contributed by atoms with Crippen LogP contribution in [0.15, 0.2) is 59.3 Å². The SMILES string of the molecule is Cc1noc2nc(-c3ccccc3)cc(C(=O)NCc3cccnc3N3CCOCC3)c12. The van der Waals surface area contributed by atoms with Crippen LogP contribution in [0.5, 0.6) is 0 Å². The van der Waals surface area contributed by atoms with Crippen LogP contribution in [-0.4, -0.2) is 47.3 Å². The third-order valence-corrected chi connectivity index (χ3v) is 5.55. The van der Waals surface area contributed by atoms with E-state index in [1.807, 2.05) is 49.4 Å². The van der Waals surface area contributed by atoms with Gasteiger partial charge in [0, 0.05) is 37.0 Å². The lowest BCUT2D eigenvalue weighted by molar-refractivity contribution is 0.0952. The molecule has 4 heterocycles. The van der Waals surface area contributed by atoms with Crippen LogP contribution in [0.1, 0.15) is 21.6 Å². The van der Waals surface area contributed by atoms with Crippen molar-refractivity contribution in [3.05, 3.63) is 71.5 Å². The maximum atomic E-state index is 13.3. The molecule has 1 aliphatic heterocycles. The van der Waals surface area contributed by atoms with Crippen molar-refractivity contribution in [1.82, 2.24) is 20.4 Å². The first-order chi connectivity index (χ1) is 15.7. The van der Waals surface area contributed by atoms with E-state index in [2.05, 4.69) is 25.3 Å². The third-order valence-electron chi connectivity index (χ3n) is 5.55. The molecule has 1 N–H and O–H groups in total. The number of benzene rings is 1. The number of ether oxygens (including phenoxy) is 1. The number of pyridine rings is 2. The van der Waals surface area contributed by atoms with Crippen molar-refractivity contribution < 1.29 is 14.1 Å². The predicted molar refractivity (Wildman–Crippen MR) is 120 cm³/mol. The third kappa shape index (κ3) is 3.92. The molecule has 1 saturated heterocycles. The summed E-state index contributed by atoms with van der Waals surface area (Å²) in [6.07, 6.45) is 1.77. The van der Waals surface area contributed by atoms with E-state index in [1.165, 1.54) is 0 Å². The number of hydrogen-bond acceptors (Lipinski definition) is 7. The summed E-state index contributed by atoms with van der Waals surface area (Å²) in [5.74, 6) is 0.666. The van der Waals surface area contributed by atoms with E-state index < -0.39 is 0 Å². The van der Waals surface area contributed by atoms with Crippen molar-refractivity contribution in [2.24, 2.45) is 0 Å². The summed E-state index contributed by atoms with van der Waals surface area (Å²) < 4.78 is 10.8. The number of hydrogen-bond donors (Lipinski definition) is 1. The standard InChI is InChI=1S/C24H23N5O3/c1-16-21-19(14-20(27-24(21)32-28-16)17-6-3-2-4-7-17)23(30)26-15-18-8-5-9-25-22(18)29-10-12-31-13-11-29/h2-9,14H,10-13,15H2,1H3,(H,26,30). The summed E-state index contributed by atoms with van der Waals surface area (Å²) in [5, 5.41) is 7.70. The second kappa shape index (κ2) is 8.76. The van der Waals surface area contributed by atoms with Crippen molar-refractivity contribution in [1.29, 1.82) is 0 Å². The molecule has 32 heavy (non-hydrogen) atoms. The molecule has 1 aliphatic rings. The maximum Gasteiger partial charge on any atom is 0.259 e. The summed E-state index contributed by atoms with van der Waals surface area (Å²) in [4.78, 5) is 24.6. The van der Waals surface area contributed by atoms with E-state index in [-0.39, 0.29) is 5.91 Å².